The van der Waals surface area contributed by atoms with Gasteiger partial charge in [0.15, 0.2) is 6.61 Å². The van der Waals surface area contributed by atoms with Crippen LogP contribution in [0.2, 0.25) is 0 Å². The molecule has 20 heavy (non-hydrogen) atoms. The average Bonchev–Trinajstić information content (AvgIpc) is 2.52. The number of ether oxygens (including phenoxy) is 1. The van der Waals surface area contributed by atoms with E-state index in [-0.39, 0.29) is 12.5 Å². The van der Waals surface area contributed by atoms with Gasteiger partial charge in [0, 0.05) is 6.54 Å². The summed E-state index contributed by atoms with van der Waals surface area (Å²) in [7, 11) is 0. The fraction of sp³-hybridized carbons (Fsp3) is 0.467. The van der Waals surface area contributed by atoms with Gasteiger partial charge < -0.3 is 10.1 Å². The molecule has 0 spiro atoms. The molecule has 1 aliphatic heterocycles. The summed E-state index contributed by atoms with van der Waals surface area (Å²) in [6.45, 7) is 0.767. The lowest BCUT2D eigenvalue weighted by molar-refractivity contribution is -0.123. The lowest BCUT2D eigenvalue weighted by Gasteiger charge is -2.21. The van der Waals surface area contributed by atoms with E-state index in [1.54, 1.807) is 24.3 Å². The van der Waals surface area contributed by atoms with E-state index >= 15 is 0 Å². The number of nitrogens with one attached hydrogen (secondary N) is 1. The van der Waals surface area contributed by atoms with E-state index in [0.29, 0.717) is 17.2 Å². The smallest absolute Gasteiger partial charge is 0.257 e. The van der Waals surface area contributed by atoms with Crippen LogP contribution in [0, 0.1) is 17.2 Å². The highest BCUT2D eigenvalue weighted by atomic mass is 32.2. The van der Waals surface area contributed by atoms with Crippen LogP contribution >= 0.6 is 11.8 Å². The zero-order chi connectivity index (χ0) is 14.2. The van der Waals surface area contributed by atoms with Crippen LogP contribution < -0.4 is 10.1 Å². The molecular weight excluding hydrogens is 272 g/mol. The maximum absolute atomic E-state index is 11.7. The Morgan fingerprint density at radius 3 is 2.70 bits per heavy atom. The number of amides is 1. The van der Waals surface area contributed by atoms with E-state index in [0.717, 1.165) is 6.54 Å². The molecule has 0 aromatic heterocycles. The fourth-order valence-electron chi connectivity index (χ4n) is 2.03. The standard InChI is InChI=1S/C15H18N2O2S/c16-9-12-1-3-14(4-2-12)19-11-15(18)17-10-13-5-7-20-8-6-13/h1-4,13H,5-8,10-11H2,(H,17,18). The van der Waals surface area contributed by atoms with Gasteiger partial charge >= 0.3 is 0 Å². The molecule has 0 unspecified atom stereocenters. The lowest BCUT2D eigenvalue weighted by Crippen LogP contribution is -2.34. The van der Waals surface area contributed by atoms with Crippen molar-refractivity contribution in [3.63, 3.8) is 0 Å². The molecule has 1 heterocycles. The molecular formula is C15H18N2O2S. The quantitative estimate of drug-likeness (QED) is 0.903. The van der Waals surface area contributed by atoms with Crippen LogP contribution in [0.3, 0.4) is 0 Å². The van der Waals surface area contributed by atoms with Crippen molar-refractivity contribution in [1.82, 2.24) is 5.32 Å². The molecule has 0 bridgehead atoms. The topological polar surface area (TPSA) is 62.1 Å². The van der Waals surface area contributed by atoms with Gasteiger partial charge in [-0.15, -0.1) is 0 Å². The molecule has 106 valence electrons. The van der Waals surface area contributed by atoms with Gasteiger partial charge in [-0.25, -0.2) is 0 Å². The van der Waals surface area contributed by atoms with Crippen molar-refractivity contribution >= 4 is 17.7 Å². The van der Waals surface area contributed by atoms with E-state index in [9.17, 15) is 4.79 Å². The van der Waals surface area contributed by atoms with Crippen molar-refractivity contribution in [3.05, 3.63) is 29.8 Å². The number of nitriles is 1. The first-order valence-corrected chi connectivity index (χ1v) is 7.91. The molecule has 2 rings (SSSR count). The van der Waals surface area contributed by atoms with Gasteiger partial charge in [0.25, 0.3) is 5.91 Å². The first-order chi connectivity index (χ1) is 9.78. The Morgan fingerprint density at radius 2 is 2.05 bits per heavy atom. The Bertz CT molecular complexity index is 476. The van der Waals surface area contributed by atoms with E-state index in [1.165, 1.54) is 24.3 Å². The summed E-state index contributed by atoms with van der Waals surface area (Å²) in [5.41, 5.74) is 0.581. The molecule has 1 aromatic carbocycles. The molecule has 0 saturated carbocycles. The second-order valence-electron chi connectivity index (χ2n) is 4.78. The third kappa shape index (κ3) is 4.78. The van der Waals surface area contributed by atoms with Crippen LogP contribution in [0.15, 0.2) is 24.3 Å². The molecule has 1 saturated heterocycles. The molecule has 1 fully saturated rings. The Kier molecular flexibility index (Phi) is 5.75. The van der Waals surface area contributed by atoms with E-state index in [4.69, 9.17) is 10.00 Å². The van der Waals surface area contributed by atoms with Gasteiger partial charge in [-0.05, 0) is 54.5 Å². The highest BCUT2D eigenvalue weighted by molar-refractivity contribution is 7.99. The third-order valence-electron chi connectivity index (χ3n) is 3.28. The third-order valence-corrected chi connectivity index (χ3v) is 4.33. The minimum Gasteiger partial charge on any atom is -0.484 e. The summed E-state index contributed by atoms with van der Waals surface area (Å²) in [5.74, 6) is 3.51. The summed E-state index contributed by atoms with van der Waals surface area (Å²) in [5, 5.41) is 11.6. The number of hydrogen-bond donors (Lipinski definition) is 1. The second-order valence-corrected chi connectivity index (χ2v) is 6.01. The zero-order valence-electron chi connectivity index (χ0n) is 11.3. The highest BCUT2D eigenvalue weighted by Gasteiger charge is 2.14. The average molecular weight is 290 g/mol. The maximum Gasteiger partial charge on any atom is 0.257 e. The van der Waals surface area contributed by atoms with Crippen LogP contribution in [0.1, 0.15) is 18.4 Å². The van der Waals surface area contributed by atoms with Crippen LogP contribution in [-0.4, -0.2) is 30.6 Å². The van der Waals surface area contributed by atoms with Crippen LogP contribution in [0.4, 0.5) is 0 Å². The molecule has 1 N–H and O–H groups in total. The zero-order valence-corrected chi connectivity index (χ0v) is 12.1. The van der Waals surface area contributed by atoms with Crippen LogP contribution in [0.25, 0.3) is 0 Å². The normalized spacial score (nSPS) is 15.3. The largest absolute Gasteiger partial charge is 0.484 e. The molecule has 1 aromatic rings. The molecule has 0 radical (unpaired) electrons. The molecule has 5 heteroatoms. The Balaban J connectivity index is 1.67. The van der Waals surface area contributed by atoms with Gasteiger partial charge in [0.05, 0.1) is 11.6 Å². The molecule has 1 aliphatic rings. The van der Waals surface area contributed by atoms with E-state index < -0.39 is 0 Å². The Hall–Kier alpha value is -1.67. The Labute approximate surface area is 123 Å². The van der Waals surface area contributed by atoms with Crippen molar-refractivity contribution in [3.8, 4) is 11.8 Å². The maximum atomic E-state index is 11.7. The van der Waals surface area contributed by atoms with Gasteiger partial charge in [0.1, 0.15) is 5.75 Å². The number of nitrogens with zero attached hydrogens (tertiary/aromatic N) is 1. The summed E-state index contributed by atoms with van der Waals surface area (Å²) in [6, 6.07) is 8.78. The number of benzene rings is 1. The van der Waals surface area contributed by atoms with E-state index in [1.807, 2.05) is 17.8 Å². The molecule has 0 aliphatic carbocycles. The van der Waals surface area contributed by atoms with Crippen molar-refractivity contribution in [1.29, 1.82) is 5.26 Å². The molecule has 0 atom stereocenters. The van der Waals surface area contributed by atoms with Crippen LogP contribution in [-0.2, 0) is 4.79 Å². The van der Waals surface area contributed by atoms with Gasteiger partial charge in [-0.2, -0.15) is 17.0 Å². The lowest BCUT2D eigenvalue weighted by atomic mass is 10.0. The predicted octanol–water partition coefficient (Wildman–Crippen LogP) is 2.20. The first kappa shape index (κ1) is 14.7. The predicted molar refractivity (Wildman–Crippen MR) is 79.7 cm³/mol. The second kappa shape index (κ2) is 7.81. The summed E-state index contributed by atoms with van der Waals surface area (Å²) in [4.78, 5) is 11.7. The SMILES string of the molecule is N#Cc1ccc(OCC(=O)NCC2CCSCC2)cc1. The monoisotopic (exact) mass is 290 g/mol. The molecule has 1 amide bonds. The summed E-state index contributed by atoms with van der Waals surface area (Å²) in [6.07, 6.45) is 2.36. The summed E-state index contributed by atoms with van der Waals surface area (Å²) >= 11 is 1.98. The minimum absolute atomic E-state index is 0.0212. The minimum atomic E-state index is -0.0902. The number of rotatable bonds is 5. The summed E-state index contributed by atoms with van der Waals surface area (Å²) < 4.78 is 5.38. The van der Waals surface area contributed by atoms with Gasteiger partial charge in [-0.1, -0.05) is 0 Å². The number of carbonyl (C=O) groups is 1. The van der Waals surface area contributed by atoms with Gasteiger partial charge in [0.2, 0.25) is 0 Å². The van der Waals surface area contributed by atoms with Crippen molar-refractivity contribution in [2.75, 3.05) is 24.7 Å². The number of thioether (sulfide) groups is 1. The fourth-order valence-corrected chi connectivity index (χ4v) is 3.24. The van der Waals surface area contributed by atoms with E-state index in [2.05, 4.69) is 5.32 Å². The first-order valence-electron chi connectivity index (χ1n) is 6.75. The number of hydrogen-bond acceptors (Lipinski definition) is 4. The highest BCUT2D eigenvalue weighted by Crippen LogP contribution is 2.21. The molecule has 4 nitrogen and oxygen atoms in total. The van der Waals surface area contributed by atoms with Crippen molar-refractivity contribution in [2.45, 2.75) is 12.8 Å². The Morgan fingerprint density at radius 1 is 1.35 bits per heavy atom. The van der Waals surface area contributed by atoms with Crippen LogP contribution in [0.5, 0.6) is 5.75 Å². The number of carbonyl (C=O) groups excluding carboxylic acids is 1. The van der Waals surface area contributed by atoms with Crippen molar-refractivity contribution < 1.29 is 9.53 Å². The van der Waals surface area contributed by atoms with Gasteiger partial charge in [-0.3, -0.25) is 4.79 Å². The van der Waals surface area contributed by atoms with Crippen molar-refractivity contribution in [2.24, 2.45) is 5.92 Å².